The Balaban J connectivity index is 1.42. The predicted octanol–water partition coefficient (Wildman–Crippen LogP) is 3.60. The van der Waals surface area contributed by atoms with Gasteiger partial charge in [-0.15, -0.1) is 0 Å². The lowest BCUT2D eigenvalue weighted by Gasteiger charge is -2.28. The van der Waals surface area contributed by atoms with E-state index in [0.29, 0.717) is 5.69 Å². The van der Waals surface area contributed by atoms with E-state index >= 15 is 0 Å². The summed E-state index contributed by atoms with van der Waals surface area (Å²) in [6.07, 6.45) is 2.89. The minimum absolute atomic E-state index is 0.242. The lowest BCUT2D eigenvalue weighted by atomic mass is 9.81. The highest BCUT2D eigenvalue weighted by atomic mass is 79.9. The van der Waals surface area contributed by atoms with E-state index in [2.05, 4.69) is 21.2 Å². The Morgan fingerprint density at radius 1 is 1.09 bits per heavy atom. The molecule has 1 aromatic rings. The molecule has 5 atom stereocenters. The first-order valence-electron chi connectivity index (χ1n) is 11.2. The van der Waals surface area contributed by atoms with Crippen LogP contribution in [0, 0.1) is 43.4 Å². The number of ether oxygens (including phenoxy) is 1. The first-order valence-corrected chi connectivity index (χ1v) is 12.0. The van der Waals surface area contributed by atoms with E-state index in [-0.39, 0.29) is 41.4 Å². The second kappa shape index (κ2) is 8.61. The van der Waals surface area contributed by atoms with Gasteiger partial charge in [0.1, 0.15) is 6.04 Å². The molecule has 1 N–H and O–H groups in total. The summed E-state index contributed by atoms with van der Waals surface area (Å²) in [4.78, 5) is 52.7. The summed E-state index contributed by atoms with van der Waals surface area (Å²) in [7, 11) is 0. The number of aryl methyl sites for hydroxylation is 2. The van der Waals surface area contributed by atoms with Gasteiger partial charge in [-0.25, -0.2) is 4.79 Å². The number of likely N-dealkylation sites (tertiary alicyclic amines) is 1. The van der Waals surface area contributed by atoms with Crippen molar-refractivity contribution in [2.24, 2.45) is 29.6 Å². The number of amides is 3. The third kappa shape index (κ3) is 3.87. The lowest BCUT2D eigenvalue weighted by Crippen LogP contribution is -2.50. The second-order valence-electron chi connectivity index (χ2n) is 9.69. The molecule has 1 aromatic carbocycles. The SMILES string of the molecule is Cc1cc(NC(=O)COC(=O)[C@H](C(C)C)N2C(=O)[C@@H]3[C@H]4CC[C@@H](C4)[C@H]3C2=O)c(C)cc1Br. The zero-order chi connectivity index (χ0) is 23.3. The second-order valence-corrected chi connectivity index (χ2v) is 10.5. The van der Waals surface area contributed by atoms with Crippen LogP contribution in [0.4, 0.5) is 5.69 Å². The van der Waals surface area contributed by atoms with Gasteiger partial charge in [-0.05, 0) is 74.1 Å². The van der Waals surface area contributed by atoms with Crippen LogP contribution in [-0.4, -0.2) is 41.2 Å². The van der Waals surface area contributed by atoms with Gasteiger partial charge in [0.25, 0.3) is 5.91 Å². The quantitative estimate of drug-likeness (QED) is 0.471. The third-order valence-corrected chi connectivity index (χ3v) is 8.09. The zero-order valence-electron chi connectivity index (χ0n) is 18.8. The highest BCUT2D eigenvalue weighted by Crippen LogP contribution is 2.56. The van der Waals surface area contributed by atoms with Gasteiger partial charge in [-0.1, -0.05) is 29.8 Å². The van der Waals surface area contributed by atoms with Crippen LogP contribution < -0.4 is 5.32 Å². The number of rotatable bonds is 6. The van der Waals surface area contributed by atoms with E-state index in [1.165, 1.54) is 0 Å². The molecule has 2 bridgehead atoms. The number of carbonyl (C=O) groups excluding carboxylic acids is 4. The highest BCUT2D eigenvalue weighted by Gasteiger charge is 2.62. The zero-order valence-corrected chi connectivity index (χ0v) is 20.4. The molecule has 32 heavy (non-hydrogen) atoms. The number of carbonyl (C=O) groups is 4. The number of hydrogen-bond donors (Lipinski definition) is 1. The Kier molecular flexibility index (Phi) is 6.18. The maximum absolute atomic E-state index is 13.1. The average molecular weight is 505 g/mol. The number of imide groups is 1. The molecule has 0 unspecified atom stereocenters. The topological polar surface area (TPSA) is 92.8 Å². The molecule has 1 heterocycles. The average Bonchev–Trinajstić information content (AvgIpc) is 3.40. The largest absolute Gasteiger partial charge is 0.454 e. The van der Waals surface area contributed by atoms with Crippen LogP contribution in [-0.2, 0) is 23.9 Å². The number of anilines is 1. The minimum atomic E-state index is -1.01. The summed E-state index contributed by atoms with van der Waals surface area (Å²) in [6, 6.07) is 2.73. The summed E-state index contributed by atoms with van der Waals surface area (Å²) < 4.78 is 6.23. The maximum atomic E-state index is 13.1. The number of nitrogens with zero attached hydrogens (tertiary/aromatic N) is 1. The summed E-state index contributed by atoms with van der Waals surface area (Å²) >= 11 is 3.45. The van der Waals surface area contributed by atoms with Gasteiger partial charge in [0, 0.05) is 10.2 Å². The number of fused-ring (bicyclic) bond motifs is 5. The number of esters is 1. The Labute approximate surface area is 196 Å². The van der Waals surface area contributed by atoms with Gasteiger partial charge in [-0.3, -0.25) is 19.3 Å². The van der Waals surface area contributed by atoms with Crippen molar-refractivity contribution in [2.75, 3.05) is 11.9 Å². The van der Waals surface area contributed by atoms with Crippen molar-refractivity contribution in [3.63, 3.8) is 0 Å². The molecule has 4 rings (SSSR count). The van der Waals surface area contributed by atoms with Crippen molar-refractivity contribution >= 4 is 45.3 Å². The maximum Gasteiger partial charge on any atom is 0.330 e. The van der Waals surface area contributed by atoms with Crippen molar-refractivity contribution < 1.29 is 23.9 Å². The molecular weight excluding hydrogens is 476 g/mol. The Morgan fingerprint density at radius 3 is 2.25 bits per heavy atom. The van der Waals surface area contributed by atoms with Crippen molar-refractivity contribution in [3.05, 3.63) is 27.7 Å². The van der Waals surface area contributed by atoms with Gasteiger partial charge in [0.15, 0.2) is 6.61 Å². The molecule has 172 valence electrons. The van der Waals surface area contributed by atoms with Crippen LogP contribution in [0.5, 0.6) is 0 Å². The van der Waals surface area contributed by atoms with E-state index in [9.17, 15) is 19.2 Å². The van der Waals surface area contributed by atoms with Crippen molar-refractivity contribution in [1.82, 2.24) is 4.90 Å². The Hall–Kier alpha value is -2.22. The Bertz CT molecular complexity index is 963. The highest BCUT2D eigenvalue weighted by molar-refractivity contribution is 9.10. The van der Waals surface area contributed by atoms with E-state index in [4.69, 9.17) is 4.74 Å². The van der Waals surface area contributed by atoms with E-state index in [1.54, 1.807) is 13.8 Å². The summed E-state index contributed by atoms with van der Waals surface area (Å²) in [5.74, 6) is -2.07. The molecule has 0 aromatic heterocycles. The summed E-state index contributed by atoms with van der Waals surface area (Å²) in [5.41, 5.74) is 2.48. The van der Waals surface area contributed by atoms with Gasteiger partial charge >= 0.3 is 5.97 Å². The molecule has 1 aliphatic heterocycles. The molecule has 8 heteroatoms. The normalized spacial score (nSPS) is 27.1. The van der Waals surface area contributed by atoms with Gasteiger partial charge in [0.2, 0.25) is 11.8 Å². The molecule has 2 aliphatic carbocycles. The van der Waals surface area contributed by atoms with Crippen molar-refractivity contribution in [2.45, 2.75) is 53.0 Å². The molecule has 3 aliphatic rings. The van der Waals surface area contributed by atoms with Crippen LogP contribution in [0.15, 0.2) is 16.6 Å². The van der Waals surface area contributed by atoms with E-state index < -0.39 is 24.5 Å². The fraction of sp³-hybridized carbons (Fsp3) is 0.583. The molecule has 3 fully saturated rings. The van der Waals surface area contributed by atoms with Gasteiger partial charge in [0.05, 0.1) is 11.8 Å². The smallest absolute Gasteiger partial charge is 0.330 e. The fourth-order valence-corrected chi connectivity index (χ4v) is 6.16. The van der Waals surface area contributed by atoms with Crippen LogP contribution in [0.25, 0.3) is 0 Å². The molecule has 3 amide bonds. The van der Waals surface area contributed by atoms with Crippen LogP contribution in [0.3, 0.4) is 0 Å². The molecule has 7 nitrogen and oxygen atoms in total. The van der Waals surface area contributed by atoms with Gasteiger partial charge in [-0.2, -0.15) is 0 Å². The monoisotopic (exact) mass is 504 g/mol. The molecule has 2 saturated carbocycles. The summed E-state index contributed by atoms with van der Waals surface area (Å²) in [6.45, 7) is 6.87. The van der Waals surface area contributed by atoms with Gasteiger partial charge < -0.3 is 10.1 Å². The van der Waals surface area contributed by atoms with E-state index in [0.717, 1.165) is 39.8 Å². The standard InChI is InChI=1S/C24H29BrN2O5/c1-11(2)21(27-22(29)19-14-5-6-15(9-14)20(19)23(27)30)24(31)32-10-18(28)26-17-8-12(3)16(25)7-13(17)4/h7-8,11,14-15,19-21H,5-6,9-10H2,1-4H3,(H,26,28)/t14-,15-,19+,20+,21-/m0/s1. The Morgan fingerprint density at radius 2 is 1.69 bits per heavy atom. The predicted molar refractivity (Wildman–Crippen MR) is 121 cm³/mol. The van der Waals surface area contributed by atoms with Crippen LogP contribution >= 0.6 is 15.9 Å². The van der Waals surface area contributed by atoms with Crippen molar-refractivity contribution in [1.29, 1.82) is 0 Å². The molecular formula is C24H29BrN2O5. The number of benzene rings is 1. The first-order chi connectivity index (χ1) is 15.1. The number of halogens is 1. The van der Waals surface area contributed by atoms with Crippen molar-refractivity contribution in [3.8, 4) is 0 Å². The third-order valence-electron chi connectivity index (χ3n) is 7.24. The van der Waals surface area contributed by atoms with Crippen LogP contribution in [0.1, 0.15) is 44.2 Å². The number of hydrogen-bond acceptors (Lipinski definition) is 5. The molecule has 1 saturated heterocycles. The van der Waals surface area contributed by atoms with E-state index in [1.807, 2.05) is 26.0 Å². The molecule has 0 radical (unpaired) electrons. The minimum Gasteiger partial charge on any atom is -0.454 e. The number of nitrogens with one attached hydrogen (secondary N) is 1. The summed E-state index contributed by atoms with van der Waals surface area (Å²) in [5, 5.41) is 2.76. The lowest BCUT2D eigenvalue weighted by molar-refractivity contribution is -0.162. The molecule has 0 spiro atoms. The van der Waals surface area contributed by atoms with Crippen LogP contribution in [0.2, 0.25) is 0 Å². The fourth-order valence-electron chi connectivity index (χ4n) is 5.71. The first kappa shape index (κ1) is 23.0.